The average molecular weight is 437 g/mol. The van der Waals surface area contributed by atoms with Gasteiger partial charge in [-0.15, -0.1) is 0 Å². The number of nitrogens with zero attached hydrogens (tertiary/aromatic N) is 4. The van der Waals surface area contributed by atoms with Crippen molar-refractivity contribution in [1.82, 2.24) is 19.8 Å². The number of aryl methyl sites for hydroxylation is 2. The first-order valence-corrected chi connectivity index (χ1v) is 11.8. The van der Waals surface area contributed by atoms with E-state index in [1.165, 1.54) is 11.1 Å². The molecule has 2 aromatic heterocycles. The van der Waals surface area contributed by atoms with E-state index < -0.39 is 5.60 Å². The minimum atomic E-state index is -0.466. The standard InChI is InChI=1S/C26H36N4O2/c1-18-8-6-12-27-23(18)16-29(17-24-19(2)9-7-13-28-24)22-14-20-10-11-21(15-22)30(20)25(31)32-26(3,4)5/h6-9,12-13,20-22H,10-11,14-17H2,1-5H3. The van der Waals surface area contributed by atoms with Gasteiger partial charge >= 0.3 is 6.09 Å². The first-order chi connectivity index (χ1) is 15.2. The van der Waals surface area contributed by atoms with Crippen molar-refractivity contribution in [3.63, 3.8) is 0 Å². The maximum Gasteiger partial charge on any atom is 0.410 e. The zero-order chi connectivity index (χ0) is 22.9. The molecule has 0 spiro atoms. The third-order valence-corrected chi connectivity index (χ3v) is 6.77. The molecule has 4 rings (SSSR count). The predicted molar refractivity (Wildman–Crippen MR) is 125 cm³/mol. The van der Waals surface area contributed by atoms with Crippen LogP contribution in [0.2, 0.25) is 0 Å². The van der Waals surface area contributed by atoms with Gasteiger partial charge in [0.2, 0.25) is 0 Å². The molecule has 2 aliphatic heterocycles. The molecule has 2 aromatic rings. The van der Waals surface area contributed by atoms with Crippen molar-refractivity contribution in [2.75, 3.05) is 0 Å². The van der Waals surface area contributed by atoms with Crippen LogP contribution in [0.5, 0.6) is 0 Å². The van der Waals surface area contributed by atoms with Gasteiger partial charge in [0.1, 0.15) is 5.60 Å². The Kier molecular flexibility index (Phi) is 6.52. The number of carbonyl (C=O) groups is 1. The molecule has 2 saturated heterocycles. The highest BCUT2D eigenvalue weighted by molar-refractivity contribution is 5.69. The summed E-state index contributed by atoms with van der Waals surface area (Å²) in [7, 11) is 0. The van der Waals surface area contributed by atoms with E-state index in [9.17, 15) is 4.79 Å². The van der Waals surface area contributed by atoms with Gasteiger partial charge in [-0.2, -0.15) is 0 Å². The Morgan fingerprint density at radius 1 is 1.00 bits per heavy atom. The molecule has 6 heteroatoms. The molecule has 2 unspecified atom stereocenters. The molecular formula is C26H36N4O2. The van der Waals surface area contributed by atoms with Crippen molar-refractivity contribution in [3.05, 3.63) is 59.2 Å². The van der Waals surface area contributed by atoms with Crippen LogP contribution in [0.4, 0.5) is 4.79 Å². The Labute approximate surface area is 192 Å². The van der Waals surface area contributed by atoms with E-state index in [-0.39, 0.29) is 18.2 Å². The molecule has 0 saturated carbocycles. The van der Waals surface area contributed by atoms with Gasteiger partial charge in [-0.3, -0.25) is 14.9 Å². The zero-order valence-corrected chi connectivity index (χ0v) is 20.0. The third-order valence-electron chi connectivity index (χ3n) is 6.77. The molecular weight excluding hydrogens is 400 g/mol. The second kappa shape index (κ2) is 9.18. The summed E-state index contributed by atoms with van der Waals surface area (Å²) in [6.07, 6.45) is 7.64. The molecule has 0 radical (unpaired) electrons. The molecule has 0 aliphatic carbocycles. The highest BCUT2D eigenvalue weighted by Gasteiger charge is 2.46. The molecule has 2 fully saturated rings. The molecule has 2 atom stereocenters. The summed E-state index contributed by atoms with van der Waals surface area (Å²) < 4.78 is 5.73. The Hall–Kier alpha value is -2.47. The number of amides is 1. The van der Waals surface area contributed by atoms with Gasteiger partial charge in [-0.1, -0.05) is 12.1 Å². The van der Waals surface area contributed by atoms with Crippen LogP contribution < -0.4 is 0 Å². The summed E-state index contributed by atoms with van der Waals surface area (Å²) in [4.78, 5) is 26.8. The number of hydrogen-bond donors (Lipinski definition) is 0. The number of carbonyl (C=O) groups excluding carboxylic acids is 1. The van der Waals surface area contributed by atoms with Crippen molar-refractivity contribution in [1.29, 1.82) is 0 Å². The quantitative estimate of drug-likeness (QED) is 0.658. The van der Waals surface area contributed by atoms with Crippen LogP contribution in [-0.2, 0) is 17.8 Å². The molecule has 172 valence electrons. The van der Waals surface area contributed by atoms with E-state index in [4.69, 9.17) is 4.74 Å². The molecule has 6 nitrogen and oxygen atoms in total. The van der Waals surface area contributed by atoms with E-state index in [2.05, 4.69) is 40.8 Å². The Bertz CT molecular complexity index is 893. The molecule has 0 N–H and O–H groups in total. The Morgan fingerprint density at radius 3 is 1.94 bits per heavy atom. The van der Waals surface area contributed by atoms with Gasteiger partial charge < -0.3 is 9.64 Å². The lowest BCUT2D eigenvalue weighted by Crippen LogP contribution is -2.53. The number of aromatic nitrogens is 2. The summed E-state index contributed by atoms with van der Waals surface area (Å²) in [6, 6.07) is 9.10. The molecule has 0 aromatic carbocycles. The van der Waals surface area contributed by atoms with Crippen molar-refractivity contribution >= 4 is 6.09 Å². The molecule has 4 heterocycles. The van der Waals surface area contributed by atoms with E-state index in [1.54, 1.807) is 0 Å². The van der Waals surface area contributed by atoms with Crippen LogP contribution in [0.25, 0.3) is 0 Å². The minimum absolute atomic E-state index is 0.156. The van der Waals surface area contributed by atoms with Crippen LogP contribution in [0, 0.1) is 13.8 Å². The fourth-order valence-corrected chi connectivity index (χ4v) is 5.13. The fraction of sp³-hybridized carbons (Fsp3) is 0.577. The largest absolute Gasteiger partial charge is 0.444 e. The second-order valence-corrected chi connectivity index (χ2v) is 10.3. The van der Waals surface area contributed by atoms with Crippen molar-refractivity contribution in [3.8, 4) is 0 Å². The number of piperidine rings is 1. The summed E-state index contributed by atoms with van der Waals surface area (Å²) in [5, 5.41) is 0. The van der Waals surface area contributed by atoms with Crippen LogP contribution in [0.3, 0.4) is 0 Å². The number of ether oxygens (including phenoxy) is 1. The van der Waals surface area contributed by atoms with Gasteiger partial charge in [-0.25, -0.2) is 4.79 Å². The lowest BCUT2D eigenvalue weighted by molar-refractivity contribution is -0.00634. The maximum absolute atomic E-state index is 12.9. The second-order valence-electron chi connectivity index (χ2n) is 10.3. The topological polar surface area (TPSA) is 58.6 Å². The third kappa shape index (κ3) is 5.12. The minimum Gasteiger partial charge on any atom is -0.444 e. The van der Waals surface area contributed by atoms with Crippen molar-refractivity contribution in [2.24, 2.45) is 0 Å². The van der Waals surface area contributed by atoms with E-state index in [1.807, 2.05) is 50.2 Å². The van der Waals surface area contributed by atoms with Crippen molar-refractivity contribution < 1.29 is 9.53 Å². The summed E-state index contributed by atoms with van der Waals surface area (Å²) in [5.41, 5.74) is 4.19. The Morgan fingerprint density at radius 2 is 1.50 bits per heavy atom. The normalized spacial score (nSPS) is 22.9. The first-order valence-electron chi connectivity index (χ1n) is 11.8. The smallest absolute Gasteiger partial charge is 0.410 e. The van der Waals surface area contributed by atoms with Crippen molar-refractivity contribution in [2.45, 2.75) is 97.1 Å². The summed E-state index contributed by atoms with van der Waals surface area (Å²) >= 11 is 0. The van der Waals surface area contributed by atoms with Crippen LogP contribution in [-0.4, -0.2) is 49.6 Å². The number of hydrogen-bond acceptors (Lipinski definition) is 5. The monoisotopic (exact) mass is 436 g/mol. The maximum atomic E-state index is 12.9. The van der Waals surface area contributed by atoms with E-state index in [0.717, 1.165) is 50.2 Å². The number of rotatable bonds is 5. The first kappa shape index (κ1) is 22.7. The van der Waals surface area contributed by atoms with Crippen LogP contribution in [0.1, 0.15) is 69.0 Å². The van der Waals surface area contributed by atoms with E-state index >= 15 is 0 Å². The van der Waals surface area contributed by atoms with Crippen LogP contribution in [0.15, 0.2) is 36.7 Å². The fourth-order valence-electron chi connectivity index (χ4n) is 5.13. The SMILES string of the molecule is Cc1cccnc1CN(Cc1ncccc1C)C1CC2CCC(C1)N2C(=O)OC(C)(C)C. The zero-order valence-electron chi connectivity index (χ0n) is 20.0. The molecule has 2 aliphatic rings. The van der Waals surface area contributed by atoms with Gasteiger partial charge in [0.15, 0.2) is 0 Å². The summed E-state index contributed by atoms with van der Waals surface area (Å²) in [6.45, 7) is 11.6. The Balaban J connectivity index is 1.55. The lowest BCUT2D eigenvalue weighted by Gasteiger charge is -2.43. The number of pyridine rings is 2. The lowest BCUT2D eigenvalue weighted by atomic mass is 9.95. The van der Waals surface area contributed by atoms with Gasteiger partial charge in [-0.05, 0) is 83.6 Å². The average Bonchev–Trinajstić information content (AvgIpc) is 2.99. The van der Waals surface area contributed by atoms with Gasteiger partial charge in [0.05, 0.1) is 11.4 Å². The van der Waals surface area contributed by atoms with Crippen LogP contribution >= 0.6 is 0 Å². The highest BCUT2D eigenvalue weighted by atomic mass is 16.6. The predicted octanol–water partition coefficient (Wildman–Crippen LogP) is 5.03. The number of fused-ring (bicyclic) bond motifs is 2. The molecule has 1 amide bonds. The summed E-state index contributed by atoms with van der Waals surface area (Å²) in [5.74, 6) is 0. The van der Waals surface area contributed by atoms with Gasteiger partial charge in [0.25, 0.3) is 0 Å². The molecule has 32 heavy (non-hydrogen) atoms. The molecule has 2 bridgehead atoms. The van der Waals surface area contributed by atoms with Gasteiger partial charge in [0, 0.05) is 43.6 Å². The van der Waals surface area contributed by atoms with E-state index in [0.29, 0.717) is 6.04 Å². The highest BCUT2D eigenvalue weighted by Crippen LogP contribution is 2.39.